The lowest BCUT2D eigenvalue weighted by Crippen LogP contribution is -2.17. The van der Waals surface area contributed by atoms with Crippen LogP contribution in [-0.4, -0.2) is 17.4 Å². The number of alkyl halides is 1. The summed E-state index contributed by atoms with van der Waals surface area (Å²) in [6.07, 6.45) is 4.34. The maximum Gasteiger partial charge on any atom is 0.134 e. The summed E-state index contributed by atoms with van der Waals surface area (Å²) in [7, 11) is 0. The highest BCUT2D eigenvalue weighted by Crippen LogP contribution is 2.46. The molecule has 1 N–H and O–H groups in total. The molecule has 0 unspecified atom stereocenters. The van der Waals surface area contributed by atoms with Gasteiger partial charge in [-0.1, -0.05) is 0 Å². The molecule has 84 valence electrons. The Morgan fingerprint density at radius 2 is 2.31 bits per heavy atom. The van der Waals surface area contributed by atoms with Crippen LogP contribution in [0.3, 0.4) is 0 Å². The number of hydrogen-bond donors (Lipinski definition) is 1. The molecule has 0 spiro atoms. The lowest BCUT2D eigenvalue weighted by Gasteiger charge is -2.13. The lowest BCUT2D eigenvalue weighted by atomic mass is 10.1. The zero-order valence-electron chi connectivity index (χ0n) is 8.87. The minimum Gasteiger partial charge on any atom is -0.369 e. The fourth-order valence-corrected chi connectivity index (χ4v) is 2.98. The van der Waals surface area contributed by atoms with Crippen molar-refractivity contribution in [2.24, 2.45) is 5.41 Å². The molecule has 2 aromatic heterocycles. The van der Waals surface area contributed by atoms with Gasteiger partial charge in [0.15, 0.2) is 0 Å². The number of aromatic nitrogens is 1. The molecule has 1 aliphatic carbocycles. The van der Waals surface area contributed by atoms with Gasteiger partial charge in [0, 0.05) is 34.1 Å². The van der Waals surface area contributed by atoms with E-state index < -0.39 is 0 Å². The number of pyridine rings is 1. The number of hydrogen-bond acceptors (Lipinski definition) is 3. The van der Waals surface area contributed by atoms with E-state index >= 15 is 0 Å². The number of halogens is 1. The Morgan fingerprint density at radius 1 is 1.44 bits per heavy atom. The molecule has 3 rings (SSSR count). The zero-order valence-corrected chi connectivity index (χ0v) is 10.4. The molecule has 4 heteroatoms. The van der Waals surface area contributed by atoms with Crippen molar-refractivity contribution >= 4 is 38.8 Å². The van der Waals surface area contributed by atoms with Crippen molar-refractivity contribution in [3.63, 3.8) is 0 Å². The summed E-state index contributed by atoms with van der Waals surface area (Å²) in [4.78, 5) is 4.40. The third-order valence-corrected chi connectivity index (χ3v) is 4.70. The minimum atomic E-state index is 0.335. The summed E-state index contributed by atoms with van der Waals surface area (Å²) < 4.78 is 1.29. The van der Waals surface area contributed by atoms with Gasteiger partial charge < -0.3 is 5.32 Å². The number of fused-ring (bicyclic) bond motifs is 1. The van der Waals surface area contributed by atoms with Gasteiger partial charge in [-0.05, 0) is 30.4 Å². The molecule has 1 fully saturated rings. The average Bonchev–Trinajstić information content (AvgIpc) is 2.94. The van der Waals surface area contributed by atoms with Crippen LogP contribution in [0.25, 0.3) is 10.1 Å². The first-order valence-electron chi connectivity index (χ1n) is 5.45. The second-order valence-electron chi connectivity index (χ2n) is 4.48. The van der Waals surface area contributed by atoms with E-state index in [0.29, 0.717) is 5.41 Å². The minimum absolute atomic E-state index is 0.335. The van der Waals surface area contributed by atoms with E-state index in [4.69, 9.17) is 11.6 Å². The maximum absolute atomic E-state index is 5.96. The first-order valence-corrected chi connectivity index (χ1v) is 6.86. The summed E-state index contributed by atoms with van der Waals surface area (Å²) in [5.74, 6) is 1.75. The summed E-state index contributed by atoms with van der Waals surface area (Å²) in [6, 6.07) is 4.18. The van der Waals surface area contributed by atoms with Crippen molar-refractivity contribution in [3.05, 3.63) is 23.7 Å². The molecule has 16 heavy (non-hydrogen) atoms. The fourth-order valence-electron chi connectivity index (χ4n) is 1.84. The average molecular weight is 253 g/mol. The molecule has 2 nitrogen and oxygen atoms in total. The first kappa shape index (κ1) is 10.4. The number of anilines is 1. The quantitative estimate of drug-likeness (QED) is 0.839. The third-order valence-electron chi connectivity index (χ3n) is 3.25. The molecule has 0 saturated heterocycles. The van der Waals surface area contributed by atoms with Crippen molar-refractivity contribution in [2.75, 3.05) is 17.7 Å². The van der Waals surface area contributed by atoms with E-state index in [1.54, 1.807) is 11.3 Å². The largest absolute Gasteiger partial charge is 0.369 e. The molecule has 1 saturated carbocycles. The first-order chi connectivity index (χ1) is 7.83. The molecule has 0 radical (unpaired) electrons. The Morgan fingerprint density at radius 3 is 3.06 bits per heavy atom. The van der Waals surface area contributed by atoms with E-state index in [-0.39, 0.29) is 0 Å². The number of rotatable bonds is 4. The molecular weight excluding hydrogens is 240 g/mol. The van der Waals surface area contributed by atoms with E-state index in [2.05, 4.69) is 27.8 Å². The normalized spacial score (nSPS) is 17.6. The van der Waals surface area contributed by atoms with Gasteiger partial charge in [0.1, 0.15) is 5.82 Å². The van der Waals surface area contributed by atoms with Crippen molar-refractivity contribution < 1.29 is 0 Å². The standard InChI is InChI=1S/C12H13ClN2S/c13-7-12(3-4-12)8-15-11-9-2-6-16-10(9)1-5-14-11/h1-2,5-6H,3-4,7-8H2,(H,14,15). The van der Waals surface area contributed by atoms with Crippen LogP contribution in [0.15, 0.2) is 23.7 Å². The predicted molar refractivity (Wildman–Crippen MR) is 70.5 cm³/mol. The highest BCUT2D eigenvalue weighted by atomic mass is 35.5. The van der Waals surface area contributed by atoms with Crippen LogP contribution in [0, 0.1) is 5.41 Å². The summed E-state index contributed by atoms with van der Waals surface area (Å²) >= 11 is 7.71. The molecule has 0 atom stereocenters. The predicted octanol–water partition coefficient (Wildman–Crippen LogP) is 3.73. The van der Waals surface area contributed by atoms with Crippen molar-refractivity contribution in [3.8, 4) is 0 Å². The molecule has 0 aromatic carbocycles. The SMILES string of the molecule is ClCC1(CNc2nccc3sccc23)CC1. The van der Waals surface area contributed by atoms with E-state index in [9.17, 15) is 0 Å². The highest BCUT2D eigenvalue weighted by Gasteiger charge is 2.41. The number of nitrogens with zero attached hydrogens (tertiary/aromatic N) is 1. The Balaban J connectivity index is 1.81. The fraction of sp³-hybridized carbons (Fsp3) is 0.417. The summed E-state index contributed by atoms with van der Waals surface area (Å²) in [5.41, 5.74) is 0.335. The van der Waals surface area contributed by atoms with Crippen LogP contribution < -0.4 is 5.32 Å². The van der Waals surface area contributed by atoms with Crippen LogP contribution >= 0.6 is 22.9 Å². The van der Waals surface area contributed by atoms with Gasteiger partial charge in [0.2, 0.25) is 0 Å². The van der Waals surface area contributed by atoms with Gasteiger partial charge in [-0.3, -0.25) is 0 Å². The topological polar surface area (TPSA) is 24.9 Å². The lowest BCUT2D eigenvalue weighted by molar-refractivity contribution is 0.618. The van der Waals surface area contributed by atoms with Gasteiger partial charge in [0.05, 0.1) is 0 Å². The highest BCUT2D eigenvalue weighted by molar-refractivity contribution is 7.17. The number of nitrogens with one attached hydrogen (secondary N) is 1. The van der Waals surface area contributed by atoms with Gasteiger partial charge >= 0.3 is 0 Å². The molecular formula is C12H13ClN2S. The van der Waals surface area contributed by atoms with Crippen molar-refractivity contribution in [2.45, 2.75) is 12.8 Å². The van der Waals surface area contributed by atoms with E-state index in [0.717, 1.165) is 18.2 Å². The molecule has 0 bridgehead atoms. The molecule has 0 amide bonds. The van der Waals surface area contributed by atoms with E-state index in [1.807, 2.05) is 6.20 Å². The van der Waals surface area contributed by atoms with Gasteiger partial charge in [-0.15, -0.1) is 22.9 Å². The number of thiophene rings is 1. The Kier molecular flexibility index (Phi) is 2.52. The summed E-state index contributed by atoms with van der Waals surface area (Å²) in [5, 5.41) is 6.76. The Bertz CT molecular complexity index is 504. The molecule has 1 aliphatic rings. The zero-order chi connectivity index (χ0) is 11.0. The molecule has 2 heterocycles. The van der Waals surface area contributed by atoms with Crippen LogP contribution in [0.5, 0.6) is 0 Å². The van der Waals surface area contributed by atoms with E-state index in [1.165, 1.54) is 22.9 Å². The van der Waals surface area contributed by atoms with Crippen LogP contribution in [0.1, 0.15) is 12.8 Å². The Labute approximate surface area is 104 Å². The monoisotopic (exact) mass is 252 g/mol. The van der Waals surface area contributed by atoms with Crippen LogP contribution in [0.4, 0.5) is 5.82 Å². The summed E-state index contributed by atoms with van der Waals surface area (Å²) in [6.45, 7) is 0.943. The molecule has 0 aliphatic heterocycles. The van der Waals surface area contributed by atoms with Crippen molar-refractivity contribution in [1.82, 2.24) is 4.98 Å². The van der Waals surface area contributed by atoms with Crippen LogP contribution in [0.2, 0.25) is 0 Å². The van der Waals surface area contributed by atoms with Gasteiger partial charge in [-0.25, -0.2) is 4.98 Å². The van der Waals surface area contributed by atoms with Crippen LogP contribution in [-0.2, 0) is 0 Å². The maximum atomic E-state index is 5.96. The van der Waals surface area contributed by atoms with Gasteiger partial charge in [-0.2, -0.15) is 0 Å². The van der Waals surface area contributed by atoms with Gasteiger partial charge in [0.25, 0.3) is 0 Å². The third kappa shape index (κ3) is 1.78. The molecule has 2 aromatic rings. The Hall–Kier alpha value is -0.800. The second kappa shape index (κ2) is 3.90. The smallest absolute Gasteiger partial charge is 0.134 e. The second-order valence-corrected chi connectivity index (χ2v) is 5.69. The van der Waals surface area contributed by atoms with Crippen molar-refractivity contribution in [1.29, 1.82) is 0 Å².